The highest BCUT2D eigenvalue weighted by Crippen LogP contribution is 2.28. The molecular weight excluding hydrogens is 426 g/mol. The molecular formula is C20H14N3O3S3-. The zero-order valence-electron chi connectivity index (χ0n) is 14.8. The molecule has 2 aromatic heterocycles. The molecule has 0 bridgehead atoms. The van der Waals surface area contributed by atoms with Crippen LogP contribution in [0.25, 0.3) is 11.3 Å². The monoisotopic (exact) mass is 440 g/mol. The fraction of sp³-hybridized carbons (Fsp3) is 0. The Kier molecular flexibility index (Phi) is 5.43. The second-order valence-electron chi connectivity index (χ2n) is 5.88. The largest absolute Gasteiger partial charge is 0.858 e. The normalized spacial score (nSPS) is 12.1. The lowest BCUT2D eigenvalue weighted by Gasteiger charge is -2.16. The van der Waals surface area contributed by atoms with Crippen molar-refractivity contribution in [3.63, 3.8) is 0 Å². The van der Waals surface area contributed by atoms with Crippen LogP contribution in [0.3, 0.4) is 0 Å². The highest BCUT2D eigenvalue weighted by Gasteiger charge is 2.17. The van der Waals surface area contributed by atoms with E-state index in [0.29, 0.717) is 5.13 Å². The summed E-state index contributed by atoms with van der Waals surface area (Å²) >= 11 is 2.35. The van der Waals surface area contributed by atoms with Crippen LogP contribution < -0.4 is 9.83 Å². The molecule has 2 heterocycles. The molecule has 29 heavy (non-hydrogen) atoms. The summed E-state index contributed by atoms with van der Waals surface area (Å²) in [6, 6.07) is 19.1. The van der Waals surface area contributed by atoms with Gasteiger partial charge < -0.3 is 5.11 Å². The summed E-state index contributed by atoms with van der Waals surface area (Å²) < 4.78 is 27.6. The molecule has 4 aromatic rings. The van der Waals surface area contributed by atoms with Gasteiger partial charge in [0.15, 0.2) is 0 Å². The lowest BCUT2D eigenvalue weighted by molar-refractivity contribution is -0.212. The van der Waals surface area contributed by atoms with E-state index in [0.717, 1.165) is 22.6 Å². The third-order valence-corrected chi connectivity index (χ3v) is 7.42. The van der Waals surface area contributed by atoms with Gasteiger partial charge in [-0.2, -0.15) is 0 Å². The number of rotatable bonds is 6. The van der Waals surface area contributed by atoms with E-state index in [2.05, 4.69) is 14.7 Å². The minimum absolute atomic E-state index is 0.157. The molecule has 2 aromatic carbocycles. The molecule has 6 nitrogen and oxygen atoms in total. The summed E-state index contributed by atoms with van der Waals surface area (Å²) in [4.78, 5) is 8.45. The Bertz CT molecular complexity index is 1250. The summed E-state index contributed by atoms with van der Waals surface area (Å²) in [5.74, 6) is -0.566. The van der Waals surface area contributed by atoms with E-state index in [9.17, 15) is 13.5 Å². The van der Waals surface area contributed by atoms with Gasteiger partial charge in [0.2, 0.25) is 5.13 Å². The molecule has 0 fully saturated rings. The van der Waals surface area contributed by atoms with Crippen LogP contribution in [0, 0.1) is 0 Å². The van der Waals surface area contributed by atoms with Crippen molar-refractivity contribution in [2.45, 2.75) is 4.21 Å². The number of hydrogen-bond donors (Lipinski definition) is 1. The van der Waals surface area contributed by atoms with Gasteiger partial charge in [0.25, 0.3) is 10.0 Å². The van der Waals surface area contributed by atoms with Crippen LogP contribution >= 0.6 is 22.7 Å². The molecule has 0 spiro atoms. The number of para-hydroxylation sites is 1. The number of thiazole rings is 1. The Morgan fingerprint density at radius 3 is 2.48 bits per heavy atom. The maximum atomic E-state index is 12.7. The van der Waals surface area contributed by atoms with Crippen LogP contribution in [0.1, 0.15) is 5.56 Å². The summed E-state index contributed by atoms with van der Waals surface area (Å²) in [7, 11) is -3.77. The van der Waals surface area contributed by atoms with E-state index >= 15 is 0 Å². The second-order valence-corrected chi connectivity index (χ2v) is 9.57. The molecule has 0 aliphatic heterocycles. The average Bonchev–Trinajstić information content (AvgIpc) is 3.41. The first-order chi connectivity index (χ1) is 14.0. The van der Waals surface area contributed by atoms with E-state index in [4.69, 9.17) is 0 Å². The minimum atomic E-state index is -3.77. The Labute approximate surface area is 175 Å². The number of anilines is 1. The van der Waals surface area contributed by atoms with Crippen LogP contribution in [0.15, 0.2) is 86.7 Å². The lowest BCUT2D eigenvalue weighted by Crippen LogP contribution is -2.22. The van der Waals surface area contributed by atoms with Crippen molar-refractivity contribution in [2.24, 2.45) is 4.99 Å². The smallest absolute Gasteiger partial charge is 0.271 e. The molecule has 4 rings (SSSR count). The number of nitrogens with zero attached hydrogens (tertiary/aromatic N) is 2. The molecule has 146 valence electrons. The number of hydrogen-bond acceptors (Lipinski definition) is 7. The van der Waals surface area contributed by atoms with Gasteiger partial charge in [-0.1, -0.05) is 54.6 Å². The van der Waals surface area contributed by atoms with E-state index in [1.54, 1.807) is 23.6 Å². The Hall–Kier alpha value is -3.01. The van der Waals surface area contributed by atoms with Gasteiger partial charge in [-0.25, -0.2) is 18.4 Å². The van der Waals surface area contributed by atoms with E-state index in [1.807, 2.05) is 35.7 Å². The molecule has 0 aliphatic carbocycles. The number of sulfonamides is 1. The predicted molar refractivity (Wildman–Crippen MR) is 115 cm³/mol. The number of aliphatic imine (C=N–C) groups is 1. The van der Waals surface area contributed by atoms with Crippen molar-refractivity contribution < 1.29 is 13.5 Å². The van der Waals surface area contributed by atoms with Gasteiger partial charge in [0, 0.05) is 16.5 Å². The zero-order chi connectivity index (χ0) is 20.3. The number of thiophene rings is 1. The average molecular weight is 441 g/mol. The van der Waals surface area contributed by atoms with Gasteiger partial charge >= 0.3 is 0 Å². The van der Waals surface area contributed by atoms with Crippen LogP contribution in [-0.2, 0) is 10.0 Å². The first kappa shape index (κ1) is 19.3. The fourth-order valence-corrected chi connectivity index (χ4v) is 5.34. The molecule has 9 heteroatoms. The predicted octanol–water partition coefficient (Wildman–Crippen LogP) is 4.11. The van der Waals surface area contributed by atoms with Crippen molar-refractivity contribution in [3.05, 3.63) is 83.1 Å². The van der Waals surface area contributed by atoms with E-state index in [1.165, 1.54) is 29.5 Å². The molecule has 0 atom stereocenters. The van der Waals surface area contributed by atoms with Crippen LogP contribution in [0.2, 0.25) is 0 Å². The summed E-state index contributed by atoms with van der Waals surface area (Å²) in [6.45, 7) is 0. The molecule has 0 amide bonds. The third-order valence-electron chi connectivity index (χ3n) is 3.92. The second kappa shape index (κ2) is 8.16. The highest BCUT2D eigenvalue weighted by molar-refractivity contribution is 7.94. The van der Waals surface area contributed by atoms with E-state index < -0.39 is 15.9 Å². The number of nitrogens with one attached hydrogen (secondary N) is 1. The highest BCUT2D eigenvalue weighted by atomic mass is 32.2. The Balaban J connectivity index is 1.63. The Morgan fingerprint density at radius 1 is 0.966 bits per heavy atom. The van der Waals surface area contributed by atoms with Gasteiger partial charge in [-0.15, -0.1) is 22.7 Å². The first-order valence-electron chi connectivity index (χ1n) is 8.45. The molecule has 0 saturated heterocycles. The van der Waals surface area contributed by atoms with Crippen molar-refractivity contribution in [1.29, 1.82) is 0 Å². The van der Waals surface area contributed by atoms with Gasteiger partial charge in [-0.05, 0) is 23.4 Å². The standard InChI is InChI=1S/C20H15N3O3S3/c24-19(22-20-21-17(13-28-20)14-7-2-1-3-8-14)15-9-4-5-10-16(15)23-29(25,26)18-11-6-12-27-18/h1-13,23H,(H,21,22,24)/p-1. The maximum Gasteiger partial charge on any atom is 0.271 e. The van der Waals surface area contributed by atoms with Crippen molar-refractivity contribution in [3.8, 4) is 11.3 Å². The van der Waals surface area contributed by atoms with Crippen molar-refractivity contribution >= 4 is 49.4 Å². The topological polar surface area (TPSA) is 94.5 Å². The lowest BCUT2D eigenvalue weighted by atomic mass is 10.2. The minimum Gasteiger partial charge on any atom is -0.858 e. The van der Waals surface area contributed by atoms with Gasteiger partial charge in [-0.3, -0.25) is 4.72 Å². The zero-order valence-corrected chi connectivity index (χ0v) is 17.3. The number of benzene rings is 2. The molecule has 0 saturated carbocycles. The summed E-state index contributed by atoms with van der Waals surface area (Å²) in [5, 5.41) is 16.5. The summed E-state index contributed by atoms with van der Waals surface area (Å²) in [5.41, 5.74) is 1.99. The van der Waals surface area contributed by atoms with E-state index in [-0.39, 0.29) is 15.5 Å². The van der Waals surface area contributed by atoms with Crippen LogP contribution in [-0.4, -0.2) is 19.3 Å². The third kappa shape index (κ3) is 4.37. The molecule has 0 aliphatic rings. The maximum absolute atomic E-state index is 12.7. The van der Waals surface area contributed by atoms with Gasteiger partial charge in [0.1, 0.15) is 4.21 Å². The quantitative estimate of drug-likeness (QED) is 0.361. The molecule has 0 unspecified atom stereocenters. The number of aromatic nitrogens is 1. The Morgan fingerprint density at radius 2 is 1.72 bits per heavy atom. The SMILES string of the molecule is O=S(=O)(Nc1ccccc1C([O-])=Nc1nc(-c2ccccc2)cs1)c1cccs1. The summed E-state index contributed by atoms with van der Waals surface area (Å²) in [6.07, 6.45) is 0. The first-order valence-corrected chi connectivity index (χ1v) is 11.7. The fourth-order valence-electron chi connectivity index (χ4n) is 2.57. The van der Waals surface area contributed by atoms with Crippen molar-refractivity contribution in [2.75, 3.05) is 4.72 Å². The van der Waals surface area contributed by atoms with Gasteiger partial charge in [0.05, 0.1) is 11.4 Å². The molecule has 0 radical (unpaired) electrons. The van der Waals surface area contributed by atoms with Crippen LogP contribution in [0.5, 0.6) is 0 Å². The van der Waals surface area contributed by atoms with Crippen LogP contribution in [0.4, 0.5) is 10.8 Å². The molecule has 1 N–H and O–H groups in total. The van der Waals surface area contributed by atoms with Crippen molar-refractivity contribution in [1.82, 2.24) is 4.98 Å².